The predicted octanol–water partition coefficient (Wildman–Crippen LogP) is 6.29. The molecule has 0 unspecified atom stereocenters. The zero-order valence-electron chi connectivity index (χ0n) is 15.4. The summed E-state index contributed by atoms with van der Waals surface area (Å²) in [6, 6.07) is 2.98. The first-order valence-electron chi connectivity index (χ1n) is 8.16. The van der Waals surface area contributed by atoms with Crippen LogP contribution in [0.5, 0.6) is 11.5 Å². The number of ether oxygens (including phenoxy) is 2. The zero-order valence-corrected chi connectivity index (χ0v) is 16.9. The van der Waals surface area contributed by atoms with E-state index in [4.69, 9.17) is 32.7 Å². The van der Waals surface area contributed by atoms with Crippen LogP contribution < -0.4 is 14.9 Å². The van der Waals surface area contributed by atoms with Gasteiger partial charge in [0.2, 0.25) is 0 Å². The van der Waals surface area contributed by atoms with Crippen molar-refractivity contribution in [1.29, 1.82) is 0 Å². The molecule has 0 radical (unpaired) electrons. The number of hydrazone groups is 1. The highest BCUT2D eigenvalue weighted by Crippen LogP contribution is 2.45. The van der Waals surface area contributed by atoms with E-state index >= 15 is 0 Å². The standard InChI is InChI=1S/C18H13Cl2F7N2O2/c1-30-15-6-10(8-28-29-18(26,27)16(21,22)17(23,24)25)2-5-14(15)31-9-11-3-4-12(19)7-13(11)20/h2-8,29H,9H2,1H3/b28-8+. The molecule has 0 heterocycles. The van der Waals surface area contributed by atoms with Crippen LogP contribution in [0.2, 0.25) is 10.0 Å². The normalized spacial score (nSPS) is 12.8. The summed E-state index contributed by atoms with van der Waals surface area (Å²) >= 11 is 11.9. The molecule has 170 valence electrons. The first kappa shape index (κ1) is 24.9. The van der Waals surface area contributed by atoms with Gasteiger partial charge in [-0.2, -0.15) is 35.8 Å². The minimum Gasteiger partial charge on any atom is -0.493 e. The maximum atomic E-state index is 13.2. The summed E-state index contributed by atoms with van der Waals surface area (Å²) < 4.78 is 98.9. The van der Waals surface area contributed by atoms with Crippen molar-refractivity contribution in [1.82, 2.24) is 5.43 Å². The average Bonchev–Trinajstić information content (AvgIpc) is 2.66. The van der Waals surface area contributed by atoms with Crippen LogP contribution in [0.15, 0.2) is 41.5 Å². The van der Waals surface area contributed by atoms with E-state index in [1.54, 1.807) is 12.1 Å². The lowest BCUT2D eigenvalue weighted by Crippen LogP contribution is -2.58. The molecule has 0 aliphatic rings. The van der Waals surface area contributed by atoms with E-state index in [2.05, 4.69) is 5.10 Å². The van der Waals surface area contributed by atoms with Crippen LogP contribution in [-0.4, -0.2) is 31.5 Å². The summed E-state index contributed by atoms with van der Waals surface area (Å²) in [6.07, 6.45) is -5.85. The first-order valence-corrected chi connectivity index (χ1v) is 8.91. The van der Waals surface area contributed by atoms with E-state index in [9.17, 15) is 30.7 Å². The van der Waals surface area contributed by atoms with Crippen molar-refractivity contribution in [3.63, 3.8) is 0 Å². The highest BCUT2D eigenvalue weighted by Gasteiger charge is 2.73. The summed E-state index contributed by atoms with van der Waals surface area (Å²) in [5.41, 5.74) is 1.19. The quantitative estimate of drug-likeness (QED) is 0.203. The summed E-state index contributed by atoms with van der Waals surface area (Å²) in [5.74, 6) is -6.00. The van der Waals surface area contributed by atoms with Crippen molar-refractivity contribution < 1.29 is 40.2 Å². The minimum atomic E-state index is -6.46. The predicted molar refractivity (Wildman–Crippen MR) is 100 cm³/mol. The average molecular weight is 493 g/mol. The van der Waals surface area contributed by atoms with Crippen LogP contribution in [0.1, 0.15) is 11.1 Å². The molecule has 0 spiro atoms. The van der Waals surface area contributed by atoms with Crippen LogP contribution >= 0.6 is 23.2 Å². The van der Waals surface area contributed by atoms with Gasteiger partial charge in [0.25, 0.3) is 0 Å². The number of rotatable bonds is 8. The van der Waals surface area contributed by atoms with Crippen LogP contribution in [-0.2, 0) is 6.61 Å². The molecule has 2 aromatic carbocycles. The molecule has 31 heavy (non-hydrogen) atoms. The third kappa shape index (κ3) is 5.85. The number of halogens is 9. The molecule has 2 rings (SSSR count). The smallest absolute Gasteiger partial charge is 0.462 e. The third-order valence-corrected chi connectivity index (χ3v) is 4.34. The second kappa shape index (κ2) is 9.39. The Morgan fingerprint density at radius 3 is 2.23 bits per heavy atom. The van der Waals surface area contributed by atoms with Crippen LogP contribution in [0.3, 0.4) is 0 Å². The van der Waals surface area contributed by atoms with E-state index in [1.807, 2.05) is 0 Å². The highest BCUT2D eigenvalue weighted by atomic mass is 35.5. The second-order valence-corrected chi connectivity index (χ2v) is 6.79. The maximum Gasteiger partial charge on any atom is 0.462 e. The van der Waals surface area contributed by atoms with E-state index in [-0.39, 0.29) is 23.7 Å². The number of nitrogens with zero attached hydrogens (tertiary/aromatic N) is 1. The number of alkyl halides is 7. The lowest BCUT2D eigenvalue weighted by molar-refractivity contribution is -0.361. The summed E-state index contributed by atoms with van der Waals surface area (Å²) in [6.45, 7) is 0.0279. The first-order chi connectivity index (χ1) is 14.3. The Kier molecular flexibility index (Phi) is 7.53. The molecule has 0 atom stereocenters. The van der Waals surface area contributed by atoms with Gasteiger partial charge in [0, 0.05) is 15.6 Å². The van der Waals surface area contributed by atoms with Crippen LogP contribution in [0, 0.1) is 0 Å². The Balaban J connectivity index is 2.10. The van der Waals surface area contributed by atoms with Gasteiger partial charge in [-0.15, -0.1) is 0 Å². The number of hydrogen-bond donors (Lipinski definition) is 1. The van der Waals surface area contributed by atoms with Gasteiger partial charge in [-0.3, -0.25) is 0 Å². The van der Waals surface area contributed by atoms with Crippen LogP contribution in [0.4, 0.5) is 30.7 Å². The van der Waals surface area contributed by atoms with Crippen molar-refractivity contribution in [3.8, 4) is 11.5 Å². The number of hydrogen-bond acceptors (Lipinski definition) is 4. The van der Waals surface area contributed by atoms with Gasteiger partial charge in [0.05, 0.1) is 13.3 Å². The fourth-order valence-corrected chi connectivity index (χ4v) is 2.58. The fraction of sp³-hybridized carbons (Fsp3) is 0.278. The van der Waals surface area contributed by atoms with Gasteiger partial charge in [-0.1, -0.05) is 29.3 Å². The Morgan fingerprint density at radius 2 is 1.65 bits per heavy atom. The minimum absolute atomic E-state index is 0.0279. The molecule has 0 amide bonds. The SMILES string of the molecule is COc1cc(/C=N/NC(F)(F)C(F)(F)C(F)(F)F)ccc1OCc1ccc(Cl)cc1Cl. The Morgan fingerprint density at radius 1 is 0.968 bits per heavy atom. The Hall–Kier alpha value is -2.40. The van der Waals surface area contributed by atoms with Gasteiger partial charge < -0.3 is 9.47 Å². The van der Waals surface area contributed by atoms with Gasteiger partial charge >= 0.3 is 18.1 Å². The molecule has 0 aromatic heterocycles. The van der Waals surface area contributed by atoms with Crippen molar-refractivity contribution in [2.24, 2.45) is 5.10 Å². The molecule has 0 saturated heterocycles. The third-order valence-electron chi connectivity index (χ3n) is 3.75. The molecule has 0 fully saturated rings. The molecule has 0 aliphatic carbocycles. The van der Waals surface area contributed by atoms with Crippen molar-refractivity contribution in [2.45, 2.75) is 24.8 Å². The van der Waals surface area contributed by atoms with Gasteiger partial charge in [-0.05, 0) is 35.9 Å². The van der Waals surface area contributed by atoms with Crippen molar-refractivity contribution in [3.05, 3.63) is 57.6 Å². The van der Waals surface area contributed by atoms with Gasteiger partial charge in [0.15, 0.2) is 11.5 Å². The van der Waals surface area contributed by atoms with E-state index < -0.39 is 18.1 Å². The molecule has 13 heteroatoms. The lowest BCUT2D eigenvalue weighted by Gasteiger charge is -2.27. The summed E-state index contributed by atoms with van der Waals surface area (Å²) in [4.78, 5) is 0. The molecule has 0 saturated carbocycles. The summed E-state index contributed by atoms with van der Waals surface area (Å²) in [7, 11) is 1.27. The topological polar surface area (TPSA) is 42.8 Å². The maximum absolute atomic E-state index is 13.2. The van der Waals surface area contributed by atoms with E-state index in [0.29, 0.717) is 27.2 Å². The molecular weight excluding hydrogens is 480 g/mol. The highest BCUT2D eigenvalue weighted by molar-refractivity contribution is 6.35. The lowest BCUT2D eigenvalue weighted by atomic mass is 10.2. The van der Waals surface area contributed by atoms with Crippen molar-refractivity contribution in [2.75, 3.05) is 7.11 Å². The van der Waals surface area contributed by atoms with Crippen molar-refractivity contribution >= 4 is 29.4 Å². The summed E-state index contributed by atoms with van der Waals surface area (Å²) in [5, 5.41) is 3.57. The van der Waals surface area contributed by atoms with Crippen LogP contribution in [0.25, 0.3) is 0 Å². The molecule has 4 nitrogen and oxygen atoms in total. The van der Waals surface area contributed by atoms with E-state index in [1.165, 1.54) is 31.4 Å². The van der Waals surface area contributed by atoms with Gasteiger partial charge in [-0.25, -0.2) is 5.43 Å². The Bertz CT molecular complexity index is 953. The number of benzene rings is 2. The molecule has 0 aliphatic heterocycles. The van der Waals surface area contributed by atoms with E-state index in [0.717, 1.165) is 0 Å². The zero-order chi connectivity index (χ0) is 23.4. The number of nitrogens with one attached hydrogen (secondary N) is 1. The molecular formula is C18H13Cl2F7N2O2. The second-order valence-electron chi connectivity index (χ2n) is 5.95. The number of methoxy groups -OCH3 is 1. The molecule has 2 aromatic rings. The largest absolute Gasteiger partial charge is 0.493 e. The molecule has 0 bridgehead atoms. The van der Waals surface area contributed by atoms with Gasteiger partial charge in [0.1, 0.15) is 6.61 Å². The Labute approximate surface area is 181 Å². The fourth-order valence-electron chi connectivity index (χ4n) is 2.11. The monoisotopic (exact) mass is 492 g/mol. The molecule has 1 N–H and O–H groups in total.